The quantitative estimate of drug-likeness (QED) is 0.203. The molecule has 0 unspecified atom stereocenters. The molecule has 136 valence electrons. The van der Waals surface area contributed by atoms with Gasteiger partial charge in [-0.25, -0.2) is 0 Å². The third-order valence-electron chi connectivity index (χ3n) is 3.52. The van der Waals surface area contributed by atoms with Crippen molar-refractivity contribution < 1.29 is 14.6 Å². The zero-order valence-corrected chi connectivity index (χ0v) is 15.3. The summed E-state index contributed by atoms with van der Waals surface area (Å²) >= 11 is 0. The zero-order chi connectivity index (χ0) is 17.9. The summed E-state index contributed by atoms with van der Waals surface area (Å²) < 4.78 is 4.57. The van der Waals surface area contributed by atoms with Crippen molar-refractivity contribution in [2.24, 2.45) is 0 Å². The predicted molar refractivity (Wildman–Crippen MR) is 102 cm³/mol. The summed E-state index contributed by atoms with van der Waals surface area (Å²) in [6.45, 7) is 2.22. The van der Waals surface area contributed by atoms with Crippen LogP contribution in [0.1, 0.15) is 64.7 Å². The van der Waals surface area contributed by atoms with Gasteiger partial charge in [0, 0.05) is 6.42 Å². The van der Waals surface area contributed by atoms with Crippen LogP contribution in [0.4, 0.5) is 0 Å². The van der Waals surface area contributed by atoms with Crippen LogP contribution in [0.3, 0.4) is 0 Å². The molecule has 0 saturated heterocycles. The molecule has 0 amide bonds. The fraction of sp³-hybridized carbons (Fsp3) is 0.571. The lowest BCUT2D eigenvalue weighted by Gasteiger charge is -1.99. The highest BCUT2D eigenvalue weighted by Crippen LogP contribution is 2.02. The summed E-state index contributed by atoms with van der Waals surface area (Å²) in [7, 11) is 1.40. The number of methoxy groups -OCH3 is 1. The molecule has 24 heavy (non-hydrogen) atoms. The minimum atomic E-state index is -0.450. The number of aliphatic hydroxyl groups is 1. The van der Waals surface area contributed by atoms with E-state index in [0.29, 0.717) is 12.8 Å². The molecule has 0 fully saturated rings. The first-order valence-electron chi connectivity index (χ1n) is 9.08. The van der Waals surface area contributed by atoms with E-state index in [1.807, 2.05) is 24.3 Å². The summed E-state index contributed by atoms with van der Waals surface area (Å²) in [5, 5.41) is 9.81. The number of aliphatic hydroxyl groups excluding tert-OH is 1. The largest absolute Gasteiger partial charge is 0.469 e. The average molecular weight is 335 g/mol. The first kappa shape index (κ1) is 22.4. The minimum absolute atomic E-state index is 0.169. The van der Waals surface area contributed by atoms with Crippen molar-refractivity contribution in [1.29, 1.82) is 0 Å². The van der Waals surface area contributed by atoms with E-state index in [1.54, 1.807) is 6.08 Å². The summed E-state index contributed by atoms with van der Waals surface area (Å²) in [4.78, 5) is 10.9. The van der Waals surface area contributed by atoms with Crippen LogP contribution in [-0.4, -0.2) is 24.3 Å². The number of carbonyl (C=O) groups is 1. The van der Waals surface area contributed by atoms with E-state index >= 15 is 0 Å². The number of ether oxygens (including phenoxy) is 1. The van der Waals surface area contributed by atoms with Crippen LogP contribution in [0.25, 0.3) is 0 Å². The highest BCUT2D eigenvalue weighted by Gasteiger charge is 1.96. The number of carbonyl (C=O) groups excluding carboxylic acids is 1. The minimum Gasteiger partial charge on any atom is -0.469 e. The lowest BCUT2D eigenvalue weighted by Crippen LogP contribution is -1.98. The standard InChI is InChI=1S/C21H34O3/c1-3-4-5-6-7-8-9-11-14-17-20(22)18-15-12-10-13-16-19-21(23)24-2/h7-8,10-12,14-15,18,20,22H,3-6,9,13,16-17,19H2,1-2H3/b8-7-,12-10-,14-11-,18-15+/t20-/m0/s1. The van der Waals surface area contributed by atoms with E-state index in [9.17, 15) is 9.90 Å². The molecule has 0 rings (SSSR count). The average Bonchev–Trinajstić information content (AvgIpc) is 2.59. The molecular formula is C21H34O3. The second-order valence-corrected chi connectivity index (χ2v) is 5.76. The maximum atomic E-state index is 10.9. The molecule has 0 aromatic heterocycles. The Morgan fingerprint density at radius 1 is 1.00 bits per heavy atom. The normalized spacial score (nSPS) is 13.6. The van der Waals surface area contributed by atoms with Crippen LogP contribution >= 0.6 is 0 Å². The SMILES string of the molecule is CCCCC/C=C\C/C=C\C[C@H](O)/C=C/C=C\CCCC(=O)OC. The van der Waals surface area contributed by atoms with Gasteiger partial charge in [-0.05, 0) is 38.5 Å². The molecule has 1 N–H and O–H groups in total. The van der Waals surface area contributed by atoms with E-state index in [2.05, 4.69) is 29.9 Å². The van der Waals surface area contributed by atoms with Gasteiger partial charge in [-0.2, -0.15) is 0 Å². The number of esters is 1. The van der Waals surface area contributed by atoms with Crippen molar-refractivity contribution in [2.45, 2.75) is 70.8 Å². The van der Waals surface area contributed by atoms with Gasteiger partial charge in [0.1, 0.15) is 0 Å². The van der Waals surface area contributed by atoms with E-state index in [1.165, 1.54) is 32.8 Å². The Labute approximate surface area is 147 Å². The van der Waals surface area contributed by atoms with E-state index < -0.39 is 6.10 Å². The summed E-state index contributed by atoms with van der Waals surface area (Å²) in [5.41, 5.74) is 0. The van der Waals surface area contributed by atoms with Crippen molar-refractivity contribution in [1.82, 2.24) is 0 Å². The molecule has 0 aliphatic rings. The van der Waals surface area contributed by atoms with Crippen LogP contribution in [0.15, 0.2) is 48.6 Å². The number of rotatable bonds is 14. The molecular weight excluding hydrogens is 300 g/mol. The Balaban J connectivity index is 3.64. The van der Waals surface area contributed by atoms with Crippen LogP contribution in [0.2, 0.25) is 0 Å². The fourth-order valence-corrected chi connectivity index (χ4v) is 2.05. The Morgan fingerprint density at radius 3 is 2.50 bits per heavy atom. The van der Waals surface area contributed by atoms with Gasteiger partial charge in [-0.3, -0.25) is 4.79 Å². The molecule has 0 saturated carbocycles. The smallest absolute Gasteiger partial charge is 0.305 e. The third kappa shape index (κ3) is 16.8. The topological polar surface area (TPSA) is 46.5 Å². The van der Waals surface area contributed by atoms with Crippen LogP contribution in [0, 0.1) is 0 Å². The number of unbranched alkanes of at least 4 members (excludes halogenated alkanes) is 4. The molecule has 0 bridgehead atoms. The van der Waals surface area contributed by atoms with Crippen molar-refractivity contribution in [3.8, 4) is 0 Å². The molecule has 0 aromatic carbocycles. The molecule has 1 atom stereocenters. The van der Waals surface area contributed by atoms with Gasteiger partial charge in [-0.1, -0.05) is 68.4 Å². The first-order chi connectivity index (χ1) is 11.7. The first-order valence-corrected chi connectivity index (χ1v) is 9.08. The lowest BCUT2D eigenvalue weighted by molar-refractivity contribution is -0.140. The van der Waals surface area contributed by atoms with Crippen molar-refractivity contribution in [2.75, 3.05) is 7.11 Å². The zero-order valence-electron chi connectivity index (χ0n) is 15.3. The molecule has 0 radical (unpaired) electrons. The Morgan fingerprint density at radius 2 is 1.75 bits per heavy atom. The maximum absolute atomic E-state index is 10.9. The summed E-state index contributed by atoms with van der Waals surface area (Å²) in [6, 6.07) is 0. The number of hydrogen-bond donors (Lipinski definition) is 1. The van der Waals surface area contributed by atoms with Gasteiger partial charge >= 0.3 is 5.97 Å². The summed E-state index contributed by atoms with van der Waals surface area (Å²) in [5.74, 6) is -0.169. The van der Waals surface area contributed by atoms with Crippen LogP contribution in [0.5, 0.6) is 0 Å². The third-order valence-corrected chi connectivity index (χ3v) is 3.52. The van der Waals surface area contributed by atoms with Gasteiger partial charge in [-0.15, -0.1) is 0 Å². The molecule has 3 heteroatoms. The predicted octanol–water partition coefficient (Wildman–Crippen LogP) is 5.28. The van der Waals surface area contributed by atoms with Crippen molar-refractivity contribution in [3.63, 3.8) is 0 Å². The van der Waals surface area contributed by atoms with Gasteiger partial charge < -0.3 is 9.84 Å². The number of hydrogen-bond acceptors (Lipinski definition) is 3. The van der Waals surface area contributed by atoms with E-state index in [4.69, 9.17) is 0 Å². The van der Waals surface area contributed by atoms with E-state index in [-0.39, 0.29) is 5.97 Å². The Hall–Kier alpha value is -1.61. The summed E-state index contributed by atoms with van der Waals surface area (Å²) in [6.07, 6.45) is 24.3. The highest BCUT2D eigenvalue weighted by molar-refractivity contribution is 5.69. The van der Waals surface area contributed by atoms with Crippen molar-refractivity contribution in [3.05, 3.63) is 48.6 Å². The van der Waals surface area contributed by atoms with Gasteiger partial charge in [0.05, 0.1) is 13.2 Å². The van der Waals surface area contributed by atoms with Crippen LogP contribution < -0.4 is 0 Å². The molecule has 0 heterocycles. The number of allylic oxidation sites excluding steroid dienone is 6. The van der Waals surface area contributed by atoms with Gasteiger partial charge in [0.2, 0.25) is 0 Å². The maximum Gasteiger partial charge on any atom is 0.305 e. The lowest BCUT2D eigenvalue weighted by atomic mass is 10.2. The Kier molecular flexibility index (Phi) is 16.5. The van der Waals surface area contributed by atoms with Crippen LogP contribution in [-0.2, 0) is 9.53 Å². The molecule has 3 nitrogen and oxygen atoms in total. The van der Waals surface area contributed by atoms with Gasteiger partial charge in [0.15, 0.2) is 0 Å². The van der Waals surface area contributed by atoms with E-state index in [0.717, 1.165) is 19.3 Å². The van der Waals surface area contributed by atoms with Crippen molar-refractivity contribution >= 4 is 5.97 Å². The molecule has 0 spiro atoms. The highest BCUT2D eigenvalue weighted by atomic mass is 16.5. The molecule has 0 aliphatic carbocycles. The Bertz CT molecular complexity index is 405. The molecule has 0 aromatic rings. The fourth-order valence-electron chi connectivity index (χ4n) is 2.05. The second-order valence-electron chi connectivity index (χ2n) is 5.76. The second kappa shape index (κ2) is 17.7. The molecule has 0 aliphatic heterocycles. The monoisotopic (exact) mass is 334 g/mol. The van der Waals surface area contributed by atoms with Gasteiger partial charge in [0.25, 0.3) is 0 Å².